The fourth-order valence-corrected chi connectivity index (χ4v) is 3.64. The lowest BCUT2D eigenvalue weighted by Crippen LogP contribution is -2.50. The summed E-state index contributed by atoms with van der Waals surface area (Å²) < 4.78 is 0. The number of thiophene rings is 1. The normalized spacial score (nSPS) is 24.8. The smallest absolute Gasteiger partial charge is 0.315 e. The molecule has 0 aliphatic heterocycles. The van der Waals surface area contributed by atoms with E-state index in [-0.39, 0.29) is 12.1 Å². The van der Waals surface area contributed by atoms with E-state index in [0.717, 1.165) is 24.1 Å². The minimum Gasteiger partial charge on any atom is -0.481 e. The van der Waals surface area contributed by atoms with E-state index in [9.17, 15) is 14.7 Å². The summed E-state index contributed by atoms with van der Waals surface area (Å²) >= 11 is 1.69. The van der Waals surface area contributed by atoms with Crippen LogP contribution in [0.3, 0.4) is 0 Å². The summed E-state index contributed by atoms with van der Waals surface area (Å²) in [5, 5.41) is 14.9. The lowest BCUT2D eigenvalue weighted by Gasteiger charge is -2.27. The number of hydrogen-bond donors (Lipinski definition) is 3. The van der Waals surface area contributed by atoms with Crippen molar-refractivity contribution in [2.75, 3.05) is 0 Å². The summed E-state index contributed by atoms with van der Waals surface area (Å²) in [5.41, 5.74) is -0.852. The van der Waals surface area contributed by atoms with Crippen LogP contribution in [0.25, 0.3) is 0 Å². The van der Waals surface area contributed by atoms with Gasteiger partial charge < -0.3 is 15.7 Å². The third-order valence-electron chi connectivity index (χ3n) is 4.24. The number of carboxylic acid groups (broad SMARTS) is 1. The number of urea groups is 1. The van der Waals surface area contributed by atoms with Gasteiger partial charge >= 0.3 is 12.0 Å². The third kappa shape index (κ3) is 3.56. The van der Waals surface area contributed by atoms with E-state index in [1.165, 1.54) is 4.88 Å². The SMILES string of the molecule is CCc1ccc(CNC(=O)NC2CCCC2(C)C(=O)O)s1. The second-order valence-electron chi connectivity index (χ2n) is 5.72. The molecule has 1 fully saturated rings. The molecule has 1 saturated carbocycles. The van der Waals surface area contributed by atoms with Gasteiger partial charge in [-0.15, -0.1) is 11.3 Å². The molecule has 0 radical (unpaired) electrons. The Kier molecular flexibility index (Phi) is 4.88. The molecule has 2 unspecified atom stereocenters. The van der Waals surface area contributed by atoms with Crippen molar-refractivity contribution in [3.63, 3.8) is 0 Å². The Morgan fingerprint density at radius 1 is 1.43 bits per heavy atom. The Balaban J connectivity index is 1.85. The van der Waals surface area contributed by atoms with Gasteiger partial charge in [-0.1, -0.05) is 13.3 Å². The second-order valence-corrected chi connectivity index (χ2v) is 6.97. The molecular formula is C15H22N2O3S. The summed E-state index contributed by atoms with van der Waals surface area (Å²) in [6.45, 7) is 4.29. The van der Waals surface area contributed by atoms with Crippen LogP contribution < -0.4 is 10.6 Å². The largest absolute Gasteiger partial charge is 0.481 e. The van der Waals surface area contributed by atoms with E-state index in [4.69, 9.17) is 0 Å². The molecule has 1 aliphatic rings. The molecule has 3 N–H and O–H groups in total. The fourth-order valence-electron chi connectivity index (χ4n) is 2.74. The molecule has 2 rings (SSSR count). The van der Waals surface area contributed by atoms with E-state index in [1.54, 1.807) is 18.3 Å². The van der Waals surface area contributed by atoms with Crippen LogP contribution in [-0.2, 0) is 17.8 Å². The van der Waals surface area contributed by atoms with Gasteiger partial charge in [-0.05, 0) is 38.3 Å². The number of carboxylic acids is 1. The summed E-state index contributed by atoms with van der Waals surface area (Å²) in [6.07, 6.45) is 3.15. The molecule has 1 aromatic heterocycles. The first-order valence-electron chi connectivity index (χ1n) is 7.31. The molecule has 2 amide bonds. The van der Waals surface area contributed by atoms with Gasteiger partial charge in [0.1, 0.15) is 0 Å². The molecule has 1 heterocycles. The van der Waals surface area contributed by atoms with Gasteiger partial charge in [-0.2, -0.15) is 0 Å². The highest BCUT2D eigenvalue weighted by atomic mass is 32.1. The van der Waals surface area contributed by atoms with Crippen molar-refractivity contribution in [1.82, 2.24) is 10.6 Å². The Labute approximate surface area is 128 Å². The number of hydrogen-bond acceptors (Lipinski definition) is 3. The number of nitrogens with one attached hydrogen (secondary N) is 2. The van der Waals surface area contributed by atoms with E-state index in [0.29, 0.717) is 13.0 Å². The molecule has 6 heteroatoms. The van der Waals surface area contributed by atoms with Crippen LogP contribution in [-0.4, -0.2) is 23.1 Å². The number of rotatable bonds is 5. The summed E-state index contributed by atoms with van der Waals surface area (Å²) in [4.78, 5) is 25.7. The van der Waals surface area contributed by atoms with Crippen LogP contribution in [0, 0.1) is 5.41 Å². The summed E-state index contributed by atoms with van der Waals surface area (Å²) in [5.74, 6) is -0.837. The predicted octanol–water partition coefficient (Wildman–Crippen LogP) is 2.75. The molecule has 1 aliphatic carbocycles. The number of carbonyl (C=O) groups is 2. The van der Waals surface area contributed by atoms with Gasteiger partial charge in [0.15, 0.2) is 0 Å². The predicted molar refractivity (Wildman–Crippen MR) is 82.5 cm³/mol. The molecule has 1 aromatic rings. The van der Waals surface area contributed by atoms with Crippen LogP contribution in [0.1, 0.15) is 42.9 Å². The van der Waals surface area contributed by atoms with Gasteiger partial charge in [-0.25, -0.2) is 4.79 Å². The van der Waals surface area contributed by atoms with Crippen LogP contribution in [0.5, 0.6) is 0 Å². The average Bonchev–Trinajstić information content (AvgIpc) is 3.05. The van der Waals surface area contributed by atoms with Crippen molar-refractivity contribution in [3.8, 4) is 0 Å². The maximum Gasteiger partial charge on any atom is 0.315 e. The van der Waals surface area contributed by atoms with Gasteiger partial charge in [-0.3, -0.25) is 4.79 Å². The first kappa shape index (κ1) is 15.8. The number of aliphatic carboxylic acids is 1. The molecule has 0 saturated heterocycles. The maximum atomic E-state index is 11.9. The van der Waals surface area contributed by atoms with Crippen LogP contribution >= 0.6 is 11.3 Å². The van der Waals surface area contributed by atoms with Crippen molar-refractivity contribution >= 4 is 23.3 Å². The Bertz CT molecular complexity index is 529. The average molecular weight is 310 g/mol. The zero-order valence-corrected chi connectivity index (χ0v) is 13.3. The summed E-state index contributed by atoms with van der Waals surface area (Å²) in [6, 6.07) is 3.49. The first-order valence-corrected chi connectivity index (χ1v) is 8.12. The van der Waals surface area contributed by atoms with E-state index in [1.807, 2.05) is 6.07 Å². The zero-order chi connectivity index (χ0) is 15.5. The molecule has 0 aromatic carbocycles. The molecule has 116 valence electrons. The van der Waals surface area contributed by atoms with Crippen molar-refractivity contribution in [1.29, 1.82) is 0 Å². The van der Waals surface area contributed by atoms with Crippen molar-refractivity contribution in [3.05, 3.63) is 21.9 Å². The molecule has 21 heavy (non-hydrogen) atoms. The lowest BCUT2D eigenvalue weighted by molar-refractivity contribution is -0.148. The Morgan fingerprint density at radius 2 is 2.14 bits per heavy atom. The quantitative estimate of drug-likeness (QED) is 0.782. The number of carbonyl (C=O) groups excluding carboxylic acids is 1. The van der Waals surface area contributed by atoms with Crippen LogP contribution in [0.2, 0.25) is 0 Å². The first-order chi connectivity index (χ1) is 9.95. The summed E-state index contributed by atoms with van der Waals surface area (Å²) in [7, 11) is 0. The Morgan fingerprint density at radius 3 is 2.76 bits per heavy atom. The molecule has 5 nitrogen and oxygen atoms in total. The molecule has 0 bridgehead atoms. The van der Waals surface area contributed by atoms with E-state index in [2.05, 4.69) is 23.6 Å². The van der Waals surface area contributed by atoms with Crippen LogP contribution in [0.4, 0.5) is 4.79 Å². The number of aryl methyl sites for hydroxylation is 1. The lowest BCUT2D eigenvalue weighted by atomic mass is 9.85. The van der Waals surface area contributed by atoms with Gasteiger partial charge in [0.05, 0.1) is 12.0 Å². The molecular weight excluding hydrogens is 288 g/mol. The standard InChI is InChI=1S/C15H22N2O3S/c1-3-10-6-7-11(21-10)9-16-14(20)17-12-5-4-8-15(12,2)13(18)19/h6-7,12H,3-5,8-9H2,1-2H3,(H,18,19)(H2,16,17,20). The van der Waals surface area contributed by atoms with Gasteiger partial charge in [0.25, 0.3) is 0 Å². The second kappa shape index (κ2) is 6.47. The fraction of sp³-hybridized carbons (Fsp3) is 0.600. The zero-order valence-electron chi connectivity index (χ0n) is 12.4. The maximum absolute atomic E-state index is 11.9. The van der Waals surface area contributed by atoms with Crippen molar-refractivity contribution < 1.29 is 14.7 Å². The monoisotopic (exact) mass is 310 g/mol. The van der Waals surface area contributed by atoms with Gasteiger partial charge in [0.2, 0.25) is 0 Å². The minimum absolute atomic E-state index is 0.291. The highest BCUT2D eigenvalue weighted by molar-refractivity contribution is 7.11. The van der Waals surface area contributed by atoms with Gasteiger partial charge in [0, 0.05) is 15.8 Å². The minimum atomic E-state index is -0.852. The topological polar surface area (TPSA) is 78.4 Å². The number of amides is 2. The van der Waals surface area contributed by atoms with E-state index >= 15 is 0 Å². The van der Waals surface area contributed by atoms with E-state index < -0.39 is 11.4 Å². The highest BCUT2D eigenvalue weighted by Gasteiger charge is 2.45. The third-order valence-corrected chi connectivity index (χ3v) is 5.47. The van der Waals surface area contributed by atoms with Crippen molar-refractivity contribution in [2.45, 2.75) is 52.1 Å². The molecule has 2 atom stereocenters. The Hall–Kier alpha value is -1.56. The highest BCUT2D eigenvalue weighted by Crippen LogP contribution is 2.38. The van der Waals surface area contributed by atoms with Crippen LogP contribution in [0.15, 0.2) is 12.1 Å². The van der Waals surface area contributed by atoms with Crippen molar-refractivity contribution in [2.24, 2.45) is 5.41 Å². The molecule has 0 spiro atoms.